The first-order chi connectivity index (χ1) is 7.70. The Labute approximate surface area is 93.7 Å². The molecule has 1 amide bonds. The van der Waals surface area contributed by atoms with E-state index in [2.05, 4.69) is 6.07 Å². The first-order valence-electron chi connectivity index (χ1n) is 5.15. The van der Waals surface area contributed by atoms with Crippen LogP contribution in [0.2, 0.25) is 0 Å². The Morgan fingerprint density at radius 2 is 2.12 bits per heavy atom. The summed E-state index contributed by atoms with van der Waals surface area (Å²) in [7, 11) is 0. The van der Waals surface area contributed by atoms with Gasteiger partial charge in [0.25, 0.3) is 0 Å². The molecule has 0 spiro atoms. The number of aliphatic hydroxyl groups is 1. The second kappa shape index (κ2) is 4.33. The Morgan fingerprint density at radius 1 is 1.44 bits per heavy atom. The van der Waals surface area contributed by atoms with Crippen LogP contribution in [-0.2, 0) is 11.2 Å². The average molecular weight is 216 g/mol. The highest BCUT2D eigenvalue weighted by Gasteiger charge is 2.28. The van der Waals surface area contributed by atoms with Gasteiger partial charge >= 0.3 is 0 Å². The summed E-state index contributed by atoms with van der Waals surface area (Å²) >= 11 is 0. The highest BCUT2D eigenvalue weighted by atomic mass is 16.3. The van der Waals surface area contributed by atoms with E-state index in [-0.39, 0.29) is 12.3 Å². The van der Waals surface area contributed by atoms with Gasteiger partial charge in [0.1, 0.15) is 0 Å². The number of aliphatic hydroxyl groups excluding tert-OH is 1. The molecule has 1 unspecified atom stereocenters. The van der Waals surface area contributed by atoms with Gasteiger partial charge in [-0.25, -0.2) is 0 Å². The van der Waals surface area contributed by atoms with Crippen LogP contribution in [0.1, 0.15) is 12.0 Å². The minimum Gasteiger partial charge on any atom is -0.391 e. The van der Waals surface area contributed by atoms with E-state index in [0.717, 1.165) is 11.3 Å². The third kappa shape index (κ3) is 2.05. The van der Waals surface area contributed by atoms with Crippen LogP contribution in [-0.4, -0.2) is 23.7 Å². The van der Waals surface area contributed by atoms with Gasteiger partial charge in [0, 0.05) is 5.69 Å². The molecule has 1 saturated heterocycles. The Morgan fingerprint density at radius 3 is 2.62 bits per heavy atom. The van der Waals surface area contributed by atoms with Gasteiger partial charge in [0.15, 0.2) is 0 Å². The van der Waals surface area contributed by atoms with Crippen molar-refractivity contribution in [2.75, 3.05) is 11.4 Å². The molecular weight excluding hydrogens is 204 g/mol. The molecule has 16 heavy (non-hydrogen) atoms. The summed E-state index contributed by atoms with van der Waals surface area (Å²) < 4.78 is 0. The molecule has 82 valence electrons. The number of hydrogen-bond donors (Lipinski definition) is 1. The summed E-state index contributed by atoms with van der Waals surface area (Å²) in [5, 5.41) is 17.9. The predicted molar refractivity (Wildman–Crippen MR) is 58.7 cm³/mol. The van der Waals surface area contributed by atoms with Crippen LogP contribution >= 0.6 is 0 Å². The zero-order valence-electron chi connectivity index (χ0n) is 8.76. The molecule has 1 aliphatic heterocycles. The SMILES string of the molecule is N#CCc1ccc(N2CC(O)CC2=O)cc1. The summed E-state index contributed by atoms with van der Waals surface area (Å²) in [6.45, 7) is 0.358. The highest BCUT2D eigenvalue weighted by molar-refractivity contribution is 5.96. The molecule has 0 saturated carbocycles. The van der Waals surface area contributed by atoms with Crippen LogP contribution in [0.25, 0.3) is 0 Å². The normalized spacial score (nSPS) is 19.9. The molecular formula is C12H12N2O2. The third-order valence-corrected chi connectivity index (χ3v) is 2.64. The van der Waals surface area contributed by atoms with Crippen molar-refractivity contribution in [3.63, 3.8) is 0 Å². The summed E-state index contributed by atoms with van der Waals surface area (Å²) in [5.74, 6) is -0.0551. The van der Waals surface area contributed by atoms with Crippen LogP contribution in [0.15, 0.2) is 24.3 Å². The van der Waals surface area contributed by atoms with Gasteiger partial charge in [0.05, 0.1) is 31.6 Å². The second-order valence-electron chi connectivity index (χ2n) is 3.86. The molecule has 1 N–H and O–H groups in total. The van der Waals surface area contributed by atoms with Gasteiger partial charge in [-0.1, -0.05) is 12.1 Å². The number of nitriles is 1. The first kappa shape index (κ1) is 10.7. The molecule has 0 bridgehead atoms. The van der Waals surface area contributed by atoms with E-state index in [1.54, 1.807) is 4.90 Å². The number of carbonyl (C=O) groups excluding carboxylic acids is 1. The molecule has 1 atom stereocenters. The van der Waals surface area contributed by atoms with Crippen molar-refractivity contribution in [1.29, 1.82) is 5.26 Å². The number of benzene rings is 1. The molecule has 2 rings (SSSR count). The summed E-state index contributed by atoms with van der Waals surface area (Å²) in [5.41, 5.74) is 1.71. The van der Waals surface area contributed by atoms with Crippen molar-refractivity contribution in [1.82, 2.24) is 0 Å². The average Bonchev–Trinajstić information content (AvgIpc) is 2.59. The molecule has 1 aliphatic rings. The topological polar surface area (TPSA) is 64.3 Å². The second-order valence-corrected chi connectivity index (χ2v) is 3.86. The largest absolute Gasteiger partial charge is 0.391 e. The van der Waals surface area contributed by atoms with E-state index >= 15 is 0 Å². The zero-order chi connectivity index (χ0) is 11.5. The fourth-order valence-electron chi connectivity index (χ4n) is 1.82. The number of amides is 1. The first-order valence-corrected chi connectivity index (χ1v) is 5.15. The van der Waals surface area contributed by atoms with Gasteiger partial charge in [-0.2, -0.15) is 5.26 Å². The number of β-amino-alcohol motifs (C(OH)–C–C–N with tert-alkyl or cyclic N) is 1. The molecule has 4 heteroatoms. The lowest BCUT2D eigenvalue weighted by atomic mass is 10.1. The monoisotopic (exact) mass is 216 g/mol. The Balaban J connectivity index is 2.16. The smallest absolute Gasteiger partial charge is 0.229 e. The van der Waals surface area contributed by atoms with Gasteiger partial charge in [-0.15, -0.1) is 0 Å². The standard InChI is InChI=1S/C12H12N2O2/c13-6-5-9-1-3-10(4-2-9)14-8-11(15)7-12(14)16/h1-4,11,15H,5,7-8H2. The Kier molecular flexibility index (Phi) is 2.88. The van der Waals surface area contributed by atoms with E-state index in [4.69, 9.17) is 5.26 Å². The van der Waals surface area contributed by atoms with Crippen molar-refractivity contribution in [3.05, 3.63) is 29.8 Å². The van der Waals surface area contributed by atoms with E-state index < -0.39 is 6.10 Å². The number of hydrogen-bond acceptors (Lipinski definition) is 3. The Hall–Kier alpha value is -1.86. The zero-order valence-corrected chi connectivity index (χ0v) is 8.76. The molecule has 0 aromatic heterocycles. The van der Waals surface area contributed by atoms with Gasteiger partial charge in [-0.3, -0.25) is 4.79 Å². The fraction of sp³-hybridized carbons (Fsp3) is 0.333. The number of rotatable bonds is 2. The predicted octanol–water partition coefficient (Wildman–Crippen LogP) is 0.850. The van der Waals surface area contributed by atoms with Gasteiger partial charge < -0.3 is 10.0 Å². The maximum Gasteiger partial charge on any atom is 0.229 e. The van der Waals surface area contributed by atoms with Crippen LogP contribution in [0, 0.1) is 11.3 Å². The molecule has 1 aromatic rings. The molecule has 0 radical (unpaired) electrons. The molecule has 1 heterocycles. The molecule has 0 aliphatic carbocycles. The van der Waals surface area contributed by atoms with Crippen molar-refractivity contribution in [2.24, 2.45) is 0 Å². The number of carbonyl (C=O) groups is 1. The lowest BCUT2D eigenvalue weighted by Crippen LogP contribution is -2.25. The molecule has 1 fully saturated rings. The summed E-state index contributed by atoms with van der Waals surface area (Å²) in [6, 6.07) is 9.34. The van der Waals surface area contributed by atoms with E-state index in [0.29, 0.717) is 13.0 Å². The number of nitrogens with zero attached hydrogens (tertiary/aromatic N) is 2. The maximum absolute atomic E-state index is 11.5. The minimum absolute atomic E-state index is 0.0551. The van der Waals surface area contributed by atoms with E-state index in [1.165, 1.54) is 0 Å². The van der Waals surface area contributed by atoms with Crippen LogP contribution in [0.5, 0.6) is 0 Å². The van der Waals surface area contributed by atoms with Crippen LogP contribution in [0.4, 0.5) is 5.69 Å². The minimum atomic E-state index is -0.564. The highest BCUT2D eigenvalue weighted by Crippen LogP contribution is 2.21. The van der Waals surface area contributed by atoms with E-state index in [1.807, 2.05) is 24.3 Å². The van der Waals surface area contributed by atoms with Crippen LogP contribution in [0.3, 0.4) is 0 Å². The Bertz CT molecular complexity index is 433. The third-order valence-electron chi connectivity index (χ3n) is 2.64. The summed E-state index contributed by atoms with van der Waals surface area (Å²) in [6.07, 6.45) is 0.00264. The maximum atomic E-state index is 11.5. The van der Waals surface area contributed by atoms with Crippen molar-refractivity contribution in [2.45, 2.75) is 18.9 Å². The van der Waals surface area contributed by atoms with E-state index in [9.17, 15) is 9.90 Å². The van der Waals surface area contributed by atoms with Crippen molar-refractivity contribution in [3.8, 4) is 6.07 Å². The lowest BCUT2D eigenvalue weighted by Gasteiger charge is -2.15. The molecule has 4 nitrogen and oxygen atoms in total. The lowest BCUT2D eigenvalue weighted by molar-refractivity contribution is -0.117. The summed E-state index contributed by atoms with van der Waals surface area (Å²) in [4.78, 5) is 13.1. The fourth-order valence-corrected chi connectivity index (χ4v) is 1.82. The number of anilines is 1. The van der Waals surface area contributed by atoms with Crippen LogP contribution < -0.4 is 4.90 Å². The van der Waals surface area contributed by atoms with Crippen molar-refractivity contribution < 1.29 is 9.90 Å². The van der Waals surface area contributed by atoms with Crippen molar-refractivity contribution >= 4 is 11.6 Å². The van der Waals surface area contributed by atoms with Gasteiger partial charge in [-0.05, 0) is 17.7 Å². The molecule has 1 aromatic carbocycles. The van der Waals surface area contributed by atoms with Gasteiger partial charge in [0.2, 0.25) is 5.91 Å². The quantitative estimate of drug-likeness (QED) is 0.797.